The Morgan fingerprint density at radius 2 is 0.900 bits per heavy atom. The Morgan fingerprint density at radius 3 is 1.27 bits per heavy atom. The van der Waals surface area contributed by atoms with E-state index in [-0.39, 0.29) is 19.4 Å². The minimum atomic E-state index is -4.73. The summed E-state index contributed by atoms with van der Waals surface area (Å²) in [4.78, 5) is 42.3. The molecule has 2 N–H and O–H groups in total. The molecule has 0 radical (unpaired) electrons. The average Bonchev–Trinajstić information content (AvgIpc) is 2.91. The van der Waals surface area contributed by atoms with E-state index in [1.165, 1.54) is 96.3 Å². The molecule has 0 spiro atoms. The zero-order valence-electron chi connectivity index (χ0n) is 25.8. The summed E-state index contributed by atoms with van der Waals surface area (Å²) in [5.74, 6) is -0.882. The van der Waals surface area contributed by atoms with Crippen molar-refractivity contribution in [1.29, 1.82) is 0 Å². The van der Waals surface area contributed by atoms with E-state index in [1.807, 2.05) is 0 Å². The van der Waals surface area contributed by atoms with E-state index in [1.54, 1.807) is 0 Å². The van der Waals surface area contributed by atoms with Crippen molar-refractivity contribution < 1.29 is 37.9 Å². The average molecular weight is 593 g/mol. The van der Waals surface area contributed by atoms with Gasteiger partial charge in [0.05, 0.1) is 6.61 Å². The van der Waals surface area contributed by atoms with Gasteiger partial charge in [-0.15, -0.1) is 0 Å². The van der Waals surface area contributed by atoms with Crippen molar-refractivity contribution in [2.45, 2.75) is 174 Å². The third kappa shape index (κ3) is 30.0. The van der Waals surface area contributed by atoms with Crippen LogP contribution in [-0.4, -0.2) is 41.0 Å². The minimum absolute atomic E-state index is 0.217. The Bertz CT molecular complexity index is 637. The van der Waals surface area contributed by atoms with Gasteiger partial charge in [0.15, 0.2) is 6.10 Å². The summed E-state index contributed by atoms with van der Waals surface area (Å²) in [7, 11) is -4.73. The Hall–Kier alpha value is -0.950. The molecular formula is C31H61O8P. The van der Waals surface area contributed by atoms with Gasteiger partial charge in [0.2, 0.25) is 0 Å². The van der Waals surface area contributed by atoms with E-state index in [9.17, 15) is 14.2 Å². The number of ether oxygens (including phenoxy) is 2. The molecular weight excluding hydrogens is 531 g/mol. The fourth-order valence-electron chi connectivity index (χ4n) is 4.67. The summed E-state index contributed by atoms with van der Waals surface area (Å²) in [6.45, 7) is 3.63. The van der Waals surface area contributed by atoms with Crippen LogP contribution in [0.15, 0.2) is 0 Å². The van der Waals surface area contributed by atoms with Crippen LogP contribution in [-0.2, 0) is 28.2 Å². The fourth-order valence-corrected chi connectivity index (χ4v) is 5.03. The Kier molecular flexibility index (Phi) is 27.5. The van der Waals surface area contributed by atoms with Crippen molar-refractivity contribution in [1.82, 2.24) is 0 Å². The number of rotatable bonds is 30. The second-order valence-electron chi connectivity index (χ2n) is 11.2. The van der Waals surface area contributed by atoms with E-state index < -0.39 is 32.5 Å². The standard InChI is InChI=1S/C31H61O8P/c1-3-5-7-9-11-13-14-15-16-17-18-20-21-23-25-30(32)37-27-29(28-38-40(34,35)36)39-31(33)26-24-22-19-12-10-8-6-4-2/h29H,3-28H2,1-2H3,(H2,34,35,36)/t29-/m1/s1. The highest BCUT2D eigenvalue weighted by molar-refractivity contribution is 7.46. The van der Waals surface area contributed by atoms with Gasteiger partial charge in [-0.2, -0.15) is 0 Å². The van der Waals surface area contributed by atoms with Crippen LogP contribution in [0.3, 0.4) is 0 Å². The molecule has 0 heterocycles. The first-order chi connectivity index (χ1) is 19.3. The van der Waals surface area contributed by atoms with Crippen molar-refractivity contribution in [2.75, 3.05) is 13.2 Å². The number of carbonyl (C=O) groups is 2. The highest BCUT2D eigenvalue weighted by Gasteiger charge is 2.22. The molecule has 0 saturated carbocycles. The summed E-state index contributed by atoms with van der Waals surface area (Å²) in [5, 5.41) is 0. The molecule has 0 fully saturated rings. The van der Waals surface area contributed by atoms with Crippen LogP contribution in [0.2, 0.25) is 0 Å². The Morgan fingerprint density at radius 1 is 0.550 bits per heavy atom. The molecule has 0 aliphatic carbocycles. The molecule has 40 heavy (non-hydrogen) atoms. The van der Waals surface area contributed by atoms with E-state index in [0.717, 1.165) is 38.5 Å². The van der Waals surface area contributed by atoms with Crippen molar-refractivity contribution in [3.8, 4) is 0 Å². The molecule has 1 atom stereocenters. The molecule has 0 saturated heterocycles. The van der Waals surface area contributed by atoms with Crippen molar-refractivity contribution in [3.05, 3.63) is 0 Å². The van der Waals surface area contributed by atoms with Gasteiger partial charge in [0.1, 0.15) is 6.61 Å². The maximum absolute atomic E-state index is 12.2. The summed E-state index contributed by atoms with van der Waals surface area (Å²) in [6, 6.07) is 0. The smallest absolute Gasteiger partial charge is 0.462 e. The predicted octanol–water partition coefficient (Wildman–Crippen LogP) is 8.95. The molecule has 0 aromatic rings. The maximum atomic E-state index is 12.2. The molecule has 0 rings (SSSR count). The lowest BCUT2D eigenvalue weighted by molar-refractivity contribution is -0.161. The van der Waals surface area contributed by atoms with E-state index in [4.69, 9.17) is 19.3 Å². The first kappa shape index (κ1) is 39.0. The normalized spacial score (nSPS) is 12.4. The van der Waals surface area contributed by atoms with E-state index >= 15 is 0 Å². The van der Waals surface area contributed by atoms with Crippen LogP contribution >= 0.6 is 7.82 Å². The monoisotopic (exact) mass is 592 g/mol. The molecule has 9 heteroatoms. The lowest BCUT2D eigenvalue weighted by atomic mass is 10.0. The topological polar surface area (TPSA) is 119 Å². The van der Waals surface area contributed by atoms with Gasteiger partial charge in [0.25, 0.3) is 0 Å². The van der Waals surface area contributed by atoms with Crippen LogP contribution in [0.1, 0.15) is 168 Å². The summed E-state index contributed by atoms with van der Waals surface area (Å²) in [5.41, 5.74) is 0. The number of carbonyl (C=O) groups excluding carboxylic acids is 2. The number of unbranched alkanes of at least 4 members (excludes halogenated alkanes) is 20. The van der Waals surface area contributed by atoms with Gasteiger partial charge in [-0.1, -0.05) is 142 Å². The van der Waals surface area contributed by atoms with Crippen LogP contribution in [0.4, 0.5) is 0 Å². The predicted molar refractivity (Wildman–Crippen MR) is 161 cm³/mol. The molecule has 8 nitrogen and oxygen atoms in total. The fraction of sp³-hybridized carbons (Fsp3) is 0.935. The highest BCUT2D eigenvalue weighted by atomic mass is 31.2. The van der Waals surface area contributed by atoms with Gasteiger partial charge < -0.3 is 19.3 Å². The number of hydrogen-bond donors (Lipinski definition) is 2. The van der Waals surface area contributed by atoms with Crippen molar-refractivity contribution in [2.24, 2.45) is 0 Å². The molecule has 0 aliphatic heterocycles. The van der Waals surface area contributed by atoms with Gasteiger partial charge in [-0.05, 0) is 12.8 Å². The second-order valence-corrected chi connectivity index (χ2v) is 12.4. The molecule has 0 aromatic heterocycles. The highest BCUT2D eigenvalue weighted by Crippen LogP contribution is 2.35. The second kappa shape index (κ2) is 28.2. The number of phosphoric ester groups is 1. The van der Waals surface area contributed by atoms with Crippen LogP contribution in [0.5, 0.6) is 0 Å². The molecule has 0 aromatic carbocycles. The SMILES string of the molecule is CCCCCCCCCCCCCCCCC(=O)OC[C@H](COP(=O)(O)O)OC(=O)CCCCCCCCCC. The third-order valence-corrected chi connectivity index (χ3v) is 7.61. The van der Waals surface area contributed by atoms with E-state index in [2.05, 4.69) is 18.4 Å². The summed E-state index contributed by atoms with van der Waals surface area (Å²) < 4.78 is 26.1. The Balaban J connectivity index is 3.95. The van der Waals surface area contributed by atoms with E-state index in [0.29, 0.717) is 6.42 Å². The van der Waals surface area contributed by atoms with Crippen molar-refractivity contribution >= 4 is 19.8 Å². The quantitative estimate of drug-likeness (QED) is 0.0482. The van der Waals surface area contributed by atoms with Crippen LogP contribution < -0.4 is 0 Å². The minimum Gasteiger partial charge on any atom is -0.462 e. The first-order valence-corrected chi connectivity index (χ1v) is 17.9. The first-order valence-electron chi connectivity index (χ1n) is 16.3. The van der Waals surface area contributed by atoms with Crippen LogP contribution in [0.25, 0.3) is 0 Å². The van der Waals surface area contributed by atoms with Gasteiger partial charge >= 0.3 is 19.8 Å². The zero-order valence-corrected chi connectivity index (χ0v) is 26.6. The molecule has 0 unspecified atom stereocenters. The number of hydrogen-bond acceptors (Lipinski definition) is 6. The maximum Gasteiger partial charge on any atom is 0.469 e. The molecule has 0 aliphatic rings. The third-order valence-electron chi connectivity index (χ3n) is 7.13. The van der Waals surface area contributed by atoms with Gasteiger partial charge in [-0.3, -0.25) is 14.1 Å². The summed E-state index contributed by atoms with van der Waals surface area (Å²) in [6.07, 6.45) is 25.5. The van der Waals surface area contributed by atoms with Gasteiger partial charge in [-0.25, -0.2) is 4.57 Å². The molecule has 0 bridgehead atoms. The van der Waals surface area contributed by atoms with Gasteiger partial charge in [0, 0.05) is 12.8 Å². The lowest BCUT2D eigenvalue weighted by Crippen LogP contribution is -2.29. The number of esters is 2. The Labute approximate surface area is 244 Å². The molecule has 238 valence electrons. The lowest BCUT2D eigenvalue weighted by Gasteiger charge is -2.18. The number of phosphoric acid groups is 1. The van der Waals surface area contributed by atoms with Crippen molar-refractivity contribution in [3.63, 3.8) is 0 Å². The van der Waals surface area contributed by atoms with Crippen LogP contribution in [0, 0.1) is 0 Å². The summed E-state index contributed by atoms with van der Waals surface area (Å²) >= 11 is 0. The largest absolute Gasteiger partial charge is 0.469 e. The zero-order chi connectivity index (χ0) is 29.7. The molecule has 0 amide bonds.